The molecule has 0 atom stereocenters. The van der Waals surface area contributed by atoms with E-state index in [1.165, 1.54) is 11.1 Å². The standard InChI is InChI=1S/C15H21N3O/c1-4-16-14-8-12-6-7-17-11(3)13(12)9-15(14)18(5-2)10-19/h8-10,16H,4-7H2,1-3H3. The van der Waals surface area contributed by atoms with Gasteiger partial charge >= 0.3 is 0 Å². The lowest BCUT2D eigenvalue weighted by Crippen LogP contribution is -2.23. The van der Waals surface area contributed by atoms with Gasteiger partial charge in [0.25, 0.3) is 0 Å². The maximum absolute atomic E-state index is 11.2. The van der Waals surface area contributed by atoms with Crippen LogP contribution in [0.1, 0.15) is 31.9 Å². The summed E-state index contributed by atoms with van der Waals surface area (Å²) in [7, 11) is 0. The highest BCUT2D eigenvalue weighted by molar-refractivity contribution is 6.03. The van der Waals surface area contributed by atoms with Crippen LogP contribution in [0.15, 0.2) is 17.1 Å². The van der Waals surface area contributed by atoms with E-state index in [9.17, 15) is 4.79 Å². The molecule has 1 aliphatic heterocycles. The smallest absolute Gasteiger partial charge is 0.214 e. The molecule has 1 aliphatic rings. The molecule has 1 aromatic carbocycles. The minimum Gasteiger partial charge on any atom is -0.384 e. The van der Waals surface area contributed by atoms with Gasteiger partial charge < -0.3 is 10.2 Å². The third-order valence-corrected chi connectivity index (χ3v) is 3.49. The largest absolute Gasteiger partial charge is 0.384 e. The molecule has 102 valence electrons. The molecule has 2 rings (SSSR count). The van der Waals surface area contributed by atoms with Gasteiger partial charge in [0, 0.05) is 30.9 Å². The Morgan fingerprint density at radius 2 is 2.21 bits per heavy atom. The highest BCUT2D eigenvalue weighted by Gasteiger charge is 2.17. The Bertz CT molecular complexity index is 508. The second-order valence-corrected chi connectivity index (χ2v) is 4.67. The molecule has 1 N–H and O–H groups in total. The molecular formula is C15H21N3O. The number of amides is 1. The molecular weight excluding hydrogens is 238 g/mol. The van der Waals surface area contributed by atoms with Gasteiger partial charge in [0.05, 0.1) is 11.4 Å². The van der Waals surface area contributed by atoms with Crippen LogP contribution in [0.4, 0.5) is 11.4 Å². The first kappa shape index (κ1) is 13.6. The first-order valence-corrected chi connectivity index (χ1v) is 6.85. The first-order valence-electron chi connectivity index (χ1n) is 6.85. The molecule has 0 saturated carbocycles. The zero-order chi connectivity index (χ0) is 13.8. The van der Waals surface area contributed by atoms with Crippen molar-refractivity contribution in [2.24, 2.45) is 4.99 Å². The Balaban J connectivity index is 2.54. The molecule has 0 unspecified atom stereocenters. The number of hydrogen-bond donors (Lipinski definition) is 1. The van der Waals surface area contributed by atoms with E-state index in [2.05, 4.69) is 29.4 Å². The summed E-state index contributed by atoms with van der Waals surface area (Å²) >= 11 is 0. The fourth-order valence-corrected chi connectivity index (χ4v) is 2.48. The second kappa shape index (κ2) is 5.87. The van der Waals surface area contributed by atoms with E-state index in [0.29, 0.717) is 6.54 Å². The molecule has 1 amide bonds. The van der Waals surface area contributed by atoms with Gasteiger partial charge in [0.2, 0.25) is 6.41 Å². The van der Waals surface area contributed by atoms with Crippen LogP contribution in [0.3, 0.4) is 0 Å². The van der Waals surface area contributed by atoms with E-state index in [1.807, 2.05) is 13.8 Å². The maximum Gasteiger partial charge on any atom is 0.214 e. The number of nitrogens with zero attached hydrogens (tertiary/aromatic N) is 2. The Morgan fingerprint density at radius 3 is 2.84 bits per heavy atom. The summed E-state index contributed by atoms with van der Waals surface area (Å²) in [5, 5.41) is 3.35. The second-order valence-electron chi connectivity index (χ2n) is 4.67. The molecule has 0 aromatic heterocycles. The average Bonchev–Trinajstić information content (AvgIpc) is 2.41. The summed E-state index contributed by atoms with van der Waals surface area (Å²) < 4.78 is 0. The van der Waals surface area contributed by atoms with Gasteiger partial charge in [0.1, 0.15) is 0 Å². The number of anilines is 2. The summed E-state index contributed by atoms with van der Waals surface area (Å²) in [6.45, 7) is 8.44. The monoisotopic (exact) mass is 259 g/mol. The number of nitrogens with one attached hydrogen (secondary N) is 1. The van der Waals surface area contributed by atoms with Crippen molar-refractivity contribution >= 4 is 23.5 Å². The fraction of sp³-hybridized carbons (Fsp3) is 0.467. The Hall–Kier alpha value is -1.84. The normalized spacial score (nSPS) is 13.5. The van der Waals surface area contributed by atoms with Gasteiger partial charge in [0.15, 0.2) is 0 Å². The lowest BCUT2D eigenvalue weighted by atomic mass is 9.96. The molecule has 0 aliphatic carbocycles. The predicted octanol–water partition coefficient (Wildman–Crippen LogP) is 2.47. The summed E-state index contributed by atoms with van der Waals surface area (Å²) in [5.74, 6) is 0. The number of fused-ring (bicyclic) bond motifs is 1. The van der Waals surface area contributed by atoms with Crippen LogP contribution in [0, 0.1) is 0 Å². The van der Waals surface area contributed by atoms with Crippen molar-refractivity contribution in [1.29, 1.82) is 0 Å². The minimum absolute atomic E-state index is 0.664. The minimum atomic E-state index is 0.664. The lowest BCUT2D eigenvalue weighted by molar-refractivity contribution is -0.107. The van der Waals surface area contributed by atoms with Crippen molar-refractivity contribution in [3.63, 3.8) is 0 Å². The summed E-state index contributed by atoms with van der Waals surface area (Å²) in [4.78, 5) is 17.4. The molecule has 1 aromatic rings. The van der Waals surface area contributed by atoms with E-state index in [-0.39, 0.29) is 0 Å². The molecule has 19 heavy (non-hydrogen) atoms. The van der Waals surface area contributed by atoms with Crippen LogP contribution in [0.25, 0.3) is 0 Å². The maximum atomic E-state index is 11.2. The van der Waals surface area contributed by atoms with Crippen LogP contribution in [-0.4, -0.2) is 31.8 Å². The van der Waals surface area contributed by atoms with Gasteiger partial charge in [-0.25, -0.2) is 0 Å². The molecule has 0 fully saturated rings. The quantitative estimate of drug-likeness (QED) is 0.826. The molecule has 0 spiro atoms. The van der Waals surface area contributed by atoms with Gasteiger partial charge in [-0.15, -0.1) is 0 Å². The molecule has 0 bridgehead atoms. The van der Waals surface area contributed by atoms with E-state index in [4.69, 9.17) is 0 Å². The van der Waals surface area contributed by atoms with Crippen LogP contribution in [0.5, 0.6) is 0 Å². The van der Waals surface area contributed by atoms with E-state index in [1.54, 1.807) is 4.90 Å². The van der Waals surface area contributed by atoms with Crippen molar-refractivity contribution < 1.29 is 4.79 Å². The number of carbonyl (C=O) groups excluding carboxylic acids is 1. The van der Waals surface area contributed by atoms with Gasteiger partial charge in [-0.1, -0.05) is 0 Å². The Morgan fingerprint density at radius 1 is 1.42 bits per heavy atom. The summed E-state index contributed by atoms with van der Waals surface area (Å²) in [6.07, 6.45) is 1.86. The van der Waals surface area contributed by atoms with Gasteiger partial charge in [-0.05, 0) is 44.9 Å². The van der Waals surface area contributed by atoms with Crippen molar-refractivity contribution in [1.82, 2.24) is 0 Å². The highest BCUT2D eigenvalue weighted by Crippen LogP contribution is 2.31. The molecule has 0 saturated heterocycles. The predicted molar refractivity (Wildman–Crippen MR) is 80.5 cm³/mol. The van der Waals surface area contributed by atoms with Crippen molar-refractivity contribution in [2.75, 3.05) is 29.9 Å². The summed E-state index contributed by atoms with van der Waals surface area (Å²) in [6, 6.07) is 4.25. The number of benzene rings is 1. The third-order valence-electron chi connectivity index (χ3n) is 3.49. The van der Waals surface area contributed by atoms with Crippen LogP contribution in [0.2, 0.25) is 0 Å². The molecule has 4 nitrogen and oxygen atoms in total. The molecule has 4 heteroatoms. The summed E-state index contributed by atoms with van der Waals surface area (Å²) in [5.41, 5.74) is 5.52. The highest BCUT2D eigenvalue weighted by atomic mass is 16.1. The fourth-order valence-electron chi connectivity index (χ4n) is 2.48. The SMILES string of the molecule is CCNc1cc2c(cc1N(C=O)CC)C(C)=NCC2. The van der Waals surface area contributed by atoms with Crippen molar-refractivity contribution in [3.05, 3.63) is 23.3 Å². The number of aliphatic imine (C=N–C) groups is 1. The van der Waals surface area contributed by atoms with Crippen molar-refractivity contribution in [3.8, 4) is 0 Å². The van der Waals surface area contributed by atoms with Crippen LogP contribution >= 0.6 is 0 Å². The third kappa shape index (κ3) is 2.62. The zero-order valence-corrected chi connectivity index (χ0v) is 11.9. The number of carbonyl (C=O) groups is 1. The average molecular weight is 259 g/mol. The topological polar surface area (TPSA) is 44.7 Å². The Labute approximate surface area is 114 Å². The molecule has 0 radical (unpaired) electrons. The van der Waals surface area contributed by atoms with E-state index in [0.717, 1.165) is 43.0 Å². The number of rotatable bonds is 5. The van der Waals surface area contributed by atoms with Gasteiger partial charge in [-0.2, -0.15) is 0 Å². The van der Waals surface area contributed by atoms with Gasteiger partial charge in [-0.3, -0.25) is 9.79 Å². The zero-order valence-electron chi connectivity index (χ0n) is 11.9. The Kier molecular flexibility index (Phi) is 4.20. The molecule has 1 heterocycles. The van der Waals surface area contributed by atoms with E-state index >= 15 is 0 Å². The van der Waals surface area contributed by atoms with Crippen LogP contribution < -0.4 is 10.2 Å². The lowest BCUT2D eigenvalue weighted by Gasteiger charge is -2.24. The number of hydrogen-bond acceptors (Lipinski definition) is 3. The van der Waals surface area contributed by atoms with Crippen molar-refractivity contribution in [2.45, 2.75) is 27.2 Å². The van der Waals surface area contributed by atoms with Crippen LogP contribution in [-0.2, 0) is 11.2 Å². The van der Waals surface area contributed by atoms with E-state index < -0.39 is 0 Å². The first-order chi connectivity index (χ1) is 9.21.